The summed E-state index contributed by atoms with van der Waals surface area (Å²) >= 11 is 0. The molecular formula is C35H40N2O3. The Morgan fingerprint density at radius 3 is 2.12 bits per heavy atom. The number of carbonyl (C=O) groups is 2. The summed E-state index contributed by atoms with van der Waals surface area (Å²) in [6.45, 7) is 15.4. The van der Waals surface area contributed by atoms with E-state index in [9.17, 15) is 9.59 Å². The summed E-state index contributed by atoms with van der Waals surface area (Å²) in [4.78, 5) is 28.0. The number of benzene rings is 4. The van der Waals surface area contributed by atoms with Crippen LogP contribution in [0.2, 0.25) is 0 Å². The number of ether oxygens (including phenoxy) is 1. The molecule has 4 aromatic carbocycles. The van der Waals surface area contributed by atoms with E-state index in [0.717, 1.165) is 22.0 Å². The predicted molar refractivity (Wildman–Crippen MR) is 166 cm³/mol. The van der Waals surface area contributed by atoms with E-state index in [1.165, 1.54) is 5.56 Å². The highest BCUT2D eigenvalue weighted by Crippen LogP contribution is 2.35. The van der Waals surface area contributed by atoms with E-state index in [2.05, 4.69) is 59.0 Å². The lowest BCUT2D eigenvalue weighted by molar-refractivity contribution is -0.118. The molecule has 0 aliphatic rings. The van der Waals surface area contributed by atoms with Crippen LogP contribution < -0.4 is 15.0 Å². The number of nitrogens with one attached hydrogen (secondary N) is 1. The summed E-state index contributed by atoms with van der Waals surface area (Å²) in [5.41, 5.74) is 4.23. The number of amides is 2. The smallest absolute Gasteiger partial charge is 0.262 e. The van der Waals surface area contributed by atoms with Crippen molar-refractivity contribution in [1.82, 2.24) is 0 Å². The third kappa shape index (κ3) is 6.53. The second kappa shape index (κ2) is 11.5. The Balaban J connectivity index is 1.43. The van der Waals surface area contributed by atoms with Crippen LogP contribution in [-0.4, -0.2) is 25.0 Å². The standard InChI is InChI=1S/C35H40N2O3/c1-8-37(30-15-11-13-24-12-9-10-14-28(24)30)33(39)25-16-19-27(20-17-25)36-32(38)23-40-31-21-18-26(34(2,3)4)22-29(31)35(5,6)7/h9-22H,8,23H2,1-7H3,(H,36,38). The van der Waals surface area contributed by atoms with Crippen molar-refractivity contribution >= 4 is 34.0 Å². The van der Waals surface area contributed by atoms with Gasteiger partial charge in [-0.15, -0.1) is 0 Å². The molecule has 0 heterocycles. The first-order chi connectivity index (χ1) is 18.9. The molecule has 1 N–H and O–H groups in total. The molecule has 2 amide bonds. The Bertz CT molecular complexity index is 1500. The predicted octanol–water partition coefficient (Wildman–Crippen LogP) is 8.12. The highest BCUT2D eigenvalue weighted by Gasteiger charge is 2.24. The van der Waals surface area contributed by atoms with E-state index in [4.69, 9.17) is 4.74 Å². The second-order valence-electron chi connectivity index (χ2n) is 12.2. The van der Waals surface area contributed by atoms with Gasteiger partial charge in [0.15, 0.2) is 6.61 Å². The van der Waals surface area contributed by atoms with Crippen LogP contribution in [0.3, 0.4) is 0 Å². The minimum Gasteiger partial charge on any atom is -0.483 e. The third-order valence-electron chi connectivity index (χ3n) is 7.05. The molecule has 0 aliphatic carbocycles. The van der Waals surface area contributed by atoms with Crippen LogP contribution in [0.5, 0.6) is 5.75 Å². The zero-order valence-electron chi connectivity index (χ0n) is 24.7. The molecule has 0 aromatic heterocycles. The largest absolute Gasteiger partial charge is 0.483 e. The SMILES string of the molecule is CCN(C(=O)c1ccc(NC(=O)COc2ccc(C(C)(C)C)cc2C(C)(C)C)cc1)c1cccc2ccccc12. The van der Waals surface area contributed by atoms with Crippen molar-refractivity contribution in [1.29, 1.82) is 0 Å². The van der Waals surface area contributed by atoms with Gasteiger partial charge in [-0.2, -0.15) is 0 Å². The van der Waals surface area contributed by atoms with Gasteiger partial charge in [-0.1, -0.05) is 90.1 Å². The number of fused-ring (bicyclic) bond motifs is 1. The summed E-state index contributed by atoms with van der Waals surface area (Å²) in [7, 11) is 0. The molecule has 0 saturated heterocycles. The van der Waals surface area contributed by atoms with E-state index < -0.39 is 0 Å². The first-order valence-corrected chi connectivity index (χ1v) is 13.9. The van der Waals surface area contributed by atoms with Crippen LogP contribution in [0, 0.1) is 0 Å². The Hall–Kier alpha value is -4.12. The monoisotopic (exact) mass is 536 g/mol. The summed E-state index contributed by atoms with van der Waals surface area (Å²) in [5, 5.41) is 5.01. The maximum absolute atomic E-state index is 13.4. The Morgan fingerprint density at radius 2 is 1.48 bits per heavy atom. The Kier molecular flexibility index (Phi) is 8.34. The van der Waals surface area contributed by atoms with Gasteiger partial charge < -0.3 is 15.0 Å². The van der Waals surface area contributed by atoms with Crippen molar-refractivity contribution in [3.8, 4) is 5.75 Å². The van der Waals surface area contributed by atoms with Gasteiger partial charge in [-0.25, -0.2) is 0 Å². The average molecular weight is 537 g/mol. The summed E-state index contributed by atoms with van der Waals surface area (Å²) in [6.07, 6.45) is 0. The lowest BCUT2D eigenvalue weighted by Crippen LogP contribution is -2.30. The molecule has 5 nitrogen and oxygen atoms in total. The fourth-order valence-corrected chi connectivity index (χ4v) is 4.77. The van der Waals surface area contributed by atoms with Crippen molar-refractivity contribution in [2.24, 2.45) is 0 Å². The summed E-state index contributed by atoms with van der Waals surface area (Å²) in [6, 6.07) is 27.2. The summed E-state index contributed by atoms with van der Waals surface area (Å²) < 4.78 is 5.98. The molecule has 0 fully saturated rings. The van der Waals surface area contributed by atoms with Crippen molar-refractivity contribution in [3.63, 3.8) is 0 Å². The molecule has 0 spiro atoms. The molecular weight excluding hydrogens is 496 g/mol. The third-order valence-corrected chi connectivity index (χ3v) is 7.05. The average Bonchev–Trinajstić information content (AvgIpc) is 2.91. The topological polar surface area (TPSA) is 58.6 Å². The summed E-state index contributed by atoms with van der Waals surface area (Å²) in [5.74, 6) is 0.364. The second-order valence-corrected chi connectivity index (χ2v) is 12.2. The van der Waals surface area contributed by atoms with E-state index in [1.54, 1.807) is 29.2 Å². The lowest BCUT2D eigenvalue weighted by Gasteiger charge is -2.27. The van der Waals surface area contributed by atoms with Gasteiger partial charge in [0.1, 0.15) is 5.75 Å². The van der Waals surface area contributed by atoms with Gasteiger partial charge in [0.2, 0.25) is 0 Å². The molecule has 4 aromatic rings. The van der Waals surface area contributed by atoms with Gasteiger partial charge >= 0.3 is 0 Å². The van der Waals surface area contributed by atoms with Crippen LogP contribution in [-0.2, 0) is 15.6 Å². The van der Waals surface area contributed by atoms with E-state index >= 15 is 0 Å². The maximum Gasteiger partial charge on any atom is 0.262 e. The number of rotatable bonds is 7. The van der Waals surface area contributed by atoms with Crippen molar-refractivity contribution in [2.45, 2.75) is 59.3 Å². The zero-order valence-corrected chi connectivity index (χ0v) is 24.7. The number of nitrogens with zero attached hydrogens (tertiary/aromatic N) is 1. The minimum atomic E-state index is -0.259. The van der Waals surface area contributed by atoms with Gasteiger partial charge in [0, 0.05) is 23.2 Å². The Labute approximate surface area is 238 Å². The van der Waals surface area contributed by atoms with Crippen LogP contribution in [0.15, 0.2) is 84.9 Å². The maximum atomic E-state index is 13.4. The molecule has 40 heavy (non-hydrogen) atoms. The van der Waals surface area contributed by atoms with Crippen LogP contribution >= 0.6 is 0 Å². The number of carbonyl (C=O) groups excluding carboxylic acids is 2. The van der Waals surface area contributed by atoms with Crippen molar-refractivity contribution in [2.75, 3.05) is 23.4 Å². The van der Waals surface area contributed by atoms with Crippen LogP contribution in [0.25, 0.3) is 10.8 Å². The van der Waals surface area contributed by atoms with Crippen LogP contribution in [0.4, 0.5) is 11.4 Å². The zero-order chi connectivity index (χ0) is 29.1. The molecule has 5 heteroatoms. The number of hydrogen-bond donors (Lipinski definition) is 1. The van der Waals surface area contributed by atoms with E-state index in [0.29, 0.717) is 23.5 Å². The molecule has 0 bridgehead atoms. The van der Waals surface area contributed by atoms with Crippen LogP contribution in [0.1, 0.15) is 70.0 Å². The molecule has 0 saturated carbocycles. The van der Waals surface area contributed by atoms with Gasteiger partial charge in [-0.05, 0) is 70.7 Å². The van der Waals surface area contributed by atoms with Gasteiger partial charge in [0.05, 0.1) is 5.69 Å². The van der Waals surface area contributed by atoms with E-state index in [-0.39, 0.29) is 29.3 Å². The molecule has 0 aliphatic heterocycles. The van der Waals surface area contributed by atoms with Gasteiger partial charge in [-0.3, -0.25) is 9.59 Å². The van der Waals surface area contributed by atoms with Crippen molar-refractivity contribution < 1.29 is 14.3 Å². The van der Waals surface area contributed by atoms with Gasteiger partial charge in [0.25, 0.3) is 11.8 Å². The fraction of sp³-hybridized carbons (Fsp3) is 0.314. The molecule has 0 unspecified atom stereocenters. The molecule has 208 valence electrons. The molecule has 0 atom stereocenters. The molecule has 4 rings (SSSR count). The first kappa shape index (κ1) is 28.9. The van der Waals surface area contributed by atoms with E-state index in [1.807, 2.05) is 55.5 Å². The lowest BCUT2D eigenvalue weighted by atomic mass is 9.80. The number of anilines is 2. The molecule has 0 radical (unpaired) electrons. The number of hydrogen-bond acceptors (Lipinski definition) is 3. The first-order valence-electron chi connectivity index (χ1n) is 13.9. The van der Waals surface area contributed by atoms with Crippen molar-refractivity contribution in [3.05, 3.63) is 102 Å². The highest BCUT2D eigenvalue weighted by atomic mass is 16.5. The fourth-order valence-electron chi connectivity index (χ4n) is 4.77. The quantitative estimate of drug-likeness (QED) is 0.259. The highest BCUT2D eigenvalue weighted by molar-refractivity contribution is 6.11. The normalized spacial score (nSPS) is 11.8. The minimum absolute atomic E-state index is 0.0203. The Morgan fingerprint density at radius 1 is 0.800 bits per heavy atom.